The summed E-state index contributed by atoms with van der Waals surface area (Å²) in [5, 5.41) is 3.60. The molecule has 3 rings (SSSR count). The number of nitrogens with one attached hydrogen (secondary N) is 1. The molecule has 2 heterocycles. The van der Waals surface area contributed by atoms with Crippen LogP contribution in [0.5, 0.6) is 0 Å². The lowest BCUT2D eigenvalue weighted by Gasteiger charge is -2.20. The van der Waals surface area contributed by atoms with Gasteiger partial charge in [-0.3, -0.25) is 9.59 Å². The van der Waals surface area contributed by atoms with Crippen LogP contribution in [0, 0.1) is 20.8 Å². The fourth-order valence-corrected chi connectivity index (χ4v) is 3.67. The molecule has 3 aromatic rings. The van der Waals surface area contributed by atoms with Gasteiger partial charge in [-0.15, -0.1) is 0 Å². The van der Waals surface area contributed by atoms with Crippen molar-refractivity contribution in [3.63, 3.8) is 0 Å². The minimum atomic E-state index is -0.457. The highest BCUT2D eigenvalue weighted by Crippen LogP contribution is 2.25. The highest BCUT2D eigenvalue weighted by molar-refractivity contribution is 6.06. The maximum absolute atomic E-state index is 13.1. The van der Waals surface area contributed by atoms with E-state index < -0.39 is 11.5 Å². The van der Waals surface area contributed by atoms with Crippen LogP contribution in [0.25, 0.3) is 11.0 Å². The van der Waals surface area contributed by atoms with E-state index in [1.54, 1.807) is 35.9 Å². The Kier molecular flexibility index (Phi) is 5.94. The van der Waals surface area contributed by atoms with E-state index in [0.29, 0.717) is 23.4 Å². The molecule has 0 saturated carbocycles. The van der Waals surface area contributed by atoms with Crippen LogP contribution in [0.1, 0.15) is 40.0 Å². The number of benzene rings is 1. The average molecular weight is 409 g/mol. The van der Waals surface area contributed by atoms with Crippen molar-refractivity contribution < 1.29 is 9.21 Å². The van der Waals surface area contributed by atoms with E-state index in [4.69, 9.17) is 4.42 Å². The molecule has 1 amide bonds. The molecule has 7 nitrogen and oxygen atoms in total. The number of hydrogen-bond acceptors (Lipinski definition) is 5. The molecule has 0 aliphatic rings. The predicted octanol–water partition coefficient (Wildman–Crippen LogP) is 3.25. The number of aromatic nitrogens is 1. The van der Waals surface area contributed by atoms with Crippen LogP contribution in [0.2, 0.25) is 0 Å². The summed E-state index contributed by atoms with van der Waals surface area (Å²) in [6.45, 7) is 8.00. The third-order valence-corrected chi connectivity index (χ3v) is 5.20. The molecular weight excluding hydrogens is 382 g/mol. The standard InChI is InChI=1S/C23H27N3O4/c1-13-7-8-26(16(4)12-25(5)6)23(29)21(13)22(28)24-18-11-17-14(2)10-20(27)30-19(17)9-15(18)3/h7-11,16H,12H2,1-6H3,(H,24,28). The summed E-state index contributed by atoms with van der Waals surface area (Å²) in [5.74, 6) is -0.457. The average Bonchev–Trinajstić information content (AvgIpc) is 2.62. The van der Waals surface area contributed by atoms with Crippen molar-refractivity contribution in [1.29, 1.82) is 0 Å². The molecule has 1 atom stereocenters. The normalized spacial score (nSPS) is 12.4. The van der Waals surface area contributed by atoms with Gasteiger partial charge in [0.05, 0.1) is 0 Å². The van der Waals surface area contributed by atoms with Crippen molar-refractivity contribution in [2.45, 2.75) is 33.7 Å². The van der Waals surface area contributed by atoms with Gasteiger partial charge in [0.25, 0.3) is 11.5 Å². The highest BCUT2D eigenvalue weighted by atomic mass is 16.4. The van der Waals surface area contributed by atoms with E-state index in [-0.39, 0.29) is 17.2 Å². The van der Waals surface area contributed by atoms with Gasteiger partial charge < -0.3 is 19.2 Å². The summed E-state index contributed by atoms with van der Waals surface area (Å²) < 4.78 is 6.85. The second-order valence-corrected chi connectivity index (χ2v) is 8.06. The Labute approximate surface area is 174 Å². The van der Waals surface area contributed by atoms with E-state index in [0.717, 1.165) is 16.5 Å². The van der Waals surface area contributed by atoms with Crippen LogP contribution in [0.3, 0.4) is 0 Å². The van der Waals surface area contributed by atoms with Crippen molar-refractivity contribution in [1.82, 2.24) is 9.47 Å². The fourth-order valence-electron chi connectivity index (χ4n) is 3.67. The molecule has 0 spiro atoms. The Morgan fingerprint density at radius 1 is 1.10 bits per heavy atom. The molecule has 0 bridgehead atoms. The minimum Gasteiger partial charge on any atom is -0.423 e. The molecule has 0 fully saturated rings. The molecule has 0 aliphatic heterocycles. The van der Waals surface area contributed by atoms with Crippen LogP contribution in [0.15, 0.2) is 44.5 Å². The summed E-state index contributed by atoms with van der Waals surface area (Å²) in [4.78, 5) is 39.8. The number of nitrogens with zero attached hydrogens (tertiary/aromatic N) is 2. The zero-order valence-electron chi connectivity index (χ0n) is 18.2. The minimum absolute atomic E-state index is 0.0763. The summed E-state index contributed by atoms with van der Waals surface area (Å²) in [6, 6.07) is 6.61. The molecule has 0 aliphatic carbocycles. The summed E-state index contributed by atoms with van der Waals surface area (Å²) in [7, 11) is 3.88. The van der Waals surface area contributed by atoms with Crippen molar-refractivity contribution in [3.05, 3.63) is 73.5 Å². The Morgan fingerprint density at radius 3 is 2.47 bits per heavy atom. The fraction of sp³-hybridized carbons (Fsp3) is 0.348. The van der Waals surface area contributed by atoms with E-state index in [2.05, 4.69) is 5.32 Å². The molecule has 30 heavy (non-hydrogen) atoms. The number of amides is 1. The zero-order valence-corrected chi connectivity index (χ0v) is 18.2. The van der Waals surface area contributed by atoms with Gasteiger partial charge in [0.2, 0.25) is 0 Å². The monoisotopic (exact) mass is 409 g/mol. The molecule has 1 aromatic carbocycles. The lowest BCUT2D eigenvalue weighted by molar-refractivity contribution is 0.102. The molecule has 2 aromatic heterocycles. The second-order valence-electron chi connectivity index (χ2n) is 8.06. The number of fused-ring (bicyclic) bond motifs is 1. The van der Waals surface area contributed by atoms with Crippen molar-refractivity contribution >= 4 is 22.6 Å². The quantitative estimate of drug-likeness (QED) is 0.654. The zero-order chi connectivity index (χ0) is 22.2. The maximum atomic E-state index is 13.1. The topological polar surface area (TPSA) is 84.6 Å². The van der Waals surface area contributed by atoms with Gasteiger partial charge >= 0.3 is 5.63 Å². The number of anilines is 1. The van der Waals surface area contributed by atoms with Crippen LogP contribution in [0.4, 0.5) is 5.69 Å². The SMILES string of the molecule is Cc1cc2oc(=O)cc(C)c2cc1NC(=O)c1c(C)ccn(C(C)CN(C)C)c1=O. The smallest absolute Gasteiger partial charge is 0.336 e. The first-order chi connectivity index (χ1) is 14.1. The second kappa shape index (κ2) is 8.28. The Bertz CT molecular complexity index is 1240. The summed E-state index contributed by atoms with van der Waals surface area (Å²) in [5.41, 5.74) is 2.54. The van der Waals surface area contributed by atoms with E-state index in [9.17, 15) is 14.4 Å². The van der Waals surface area contributed by atoms with Crippen LogP contribution < -0.4 is 16.5 Å². The number of likely N-dealkylation sites (N-methyl/N-ethyl adjacent to an activating group) is 1. The number of aryl methyl sites for hydroxylation is 3. The molecule has 0 saturated heterocycles. The first-order valence-electron chi connectivity index (χ1n) is 9.81. The molecule has 0 radical (unpaired) electrons. The Hall–Kier alpha value is -3.19. The number of carbonyl (C=O) groups is 1. The summed E-state index contributed by atoms with van der Waals surface area (Å²) in [6.07, 6.45) is 1.73. The van der Waals surface area contributed by atoms with Gasteiger partial charge in [0.15, 0.2) is 0 Å². The number of carbonyl (C=O) groups excluding carboxylic acids is 1. The highest BCUT2D eigenvalue weighted by Gasteiger charge is 2.19. The molecule has 1 N–H and O–H groups in total. The largest absolute Gasteiger partial charge is 0.423 e. The lowest BCUT2D eigenvalue weighted by Crippen LogP contribution is -2.34. The van der Waals surface area contributed by atoms with E-state index >= 15 is 0 Å². The predicted molar refractivity (Wildman–Crippen MR) is 119 cm³/mol. The Balaban J connectivity index is 2.01. The van der Waals surface area contributed by atoms with Gasteiger partial charge in [-0.2, -0.15) is 0 Å². The van der Waals surface area contributed by atoms with Crippen molar-refractivity contribution in [2.75, 3.05) is 26.0 Å². The van der Waals surface area contributed by atoms with Gasteiger partial charge in [0, 0.05) is 35.9 Å². The lowest BCUT2D eigenvalue weighted by atomic mass is 10.1. The molecule has 158 valence electrons. The van der Waals surface area contributed by atoms with Gasteiger partial charge in [-0.1, -0.05) is 0 Å². The maximum Gasteiger partial charge on any atom is 0.336 e. The van der Waals surface area contributed by atoms with E-state index in [1.165, 1.54) is 6.07 Å². The first-order valence-corrected chi connectivity index (χ1v) is 9.81. The van der Waals surface area contributed by atoms with Crippen LogP contribution >= 0.6 is 0 Å². The number of hydrogen-bond donors (Lipinski definition) is 1. The van der Waals surface area contributed by atoms with Crippen LogP contribution in [-0.4, -0.2) is 36.0 Å². The third-order valence-electron chi connectivity index (χ3n) is 5.20. The summed E-state index contributed by atoms with van der Waals surface area (Å²) >= 11 is 0. The molecule has 7 heteroatoms. The first kappa shape index (κ1) is 21.5. The number of pyridine rings is 1. The van der Waals surface area contributed by atoms with E-state index in [1.807, 2.05) is 39.8 Å². The van der Waals surface area contributed by atoms with Crippen LogP contribution in [-0.2, 0) is 0 Å². The number of rotatable bonds is 5. The molecule has 1 unspecified atom stereocenters. The molecular formula is C23H27N3O4. The Morgan fingerprint density at radius 2 is 1.80 bits per heavy atom. The van der Waals surface area contributed by atoms with Crippen molar-refractivity contribution in [3.8, 4) is 0 Å². The van der Waals surface area contributed by atoms with Crippen molar-refractivity contribution in [2.24, 2.45) is 0 Å². The van der Waals surface area contributed by atoms with Gasteiger partial charge in [-0.25, -0.2) is 4.79 Å². The van der Waals surface area contributed by atoms with Gasteiger partial charge in [0.1, 0.15) is 11.1 Å². The third kappa shape index (κ3) is 4.21. The van der Waals surface area contributed by atoms with Gasteiger partial charge in [-0.05, 0) is 76.7 Å².